The first-order chi connectivity index (χ1) is 9.66. The average Bonchev–Trinajstić information content (AvgIpc) is 2.43. The molecular formula is C13H24N2O5S. The SMILES string of the molecule is CCC(CC)(NC(=O)C1CCN(S(C)(=O)=O)CC1)C(=O)O. The van der Waals surface area contributed by atoms with Crippen LogP contribution in [0.2, 0.25) is 0 Å². The van der Waals surface area contributed by atoms with Gasteiger partial charge in [-0.2, -0.15) is 0 Å². The molecule has 0 aromatic rings. The molecule has 0 aromatic carbocycles. The first-order valence-electron chi connectivity index (χ1n) is 7.16. The van der Waals surface area contributed by atoms with Gasteiger partial charge >= 0.3 is 5.97 Å². The summed E-state index contributed by atoms with van der Waals surface area (Å²) in [5.41, 5.74) is -1.23. The van der Waals surface area contributed by atoms with Crippen molar-refractivity contribution in [3.05, 3.63) is 0 Å². The summed E-state index contributed by atoms with van der Waals surface area (Å²) in [4.78, 5) is 23.6. The van der Waals surface area contributed by atoms with E-state index >= 15 is 0 Å². The molecule has 1 saturated heterocycles. The van der Waals surface area contributed by atoms with E-state index in [2.05, 4.69) is 5.32 Å². The third-order valence-electron chi connectivity index (χ3n) is 4.27. The molecule has 1 fully saturated rings. The molecular weight excluding hydrogens is 296 g/mol. The number of rotatable bonds is 6. The normalized spacial score (nSPS) is 18.4. The van der Waals surface area contributed by atoms with Crippen molar-refractivity contribution >= 4 is 21.9 Å². The van der Waals surface area contributed by atoms with Crippen molar-refractivity contribution < 1.29 is 23.1 Å². The molecule has 0 aromatic heterocycles. The quantitative estimate of drug-likeness (QED) is 0.738. The third-order valence-corrected chi connectivity index (χ3v) is 5.58. The van der Waals surface area contributed by atoms with Crippen molar-refractivity contribution in [1.82, 2.24) is 9.62 Å². The zero-order valence-corrected chi connectivity index (χ0v) is 13.6. The molecule has 0 radical (unpaired) electrons. The van der Waals surface area contributed by atoms with Gasteiger partial charge in [0.15, 0.2) is 0 Å². The average molecular weight is 320 g/mol. The van der Waals surface area contributed by atoms with Gasteiger partial charge in [-0.15, -0.1) is 0 Å². The highest BCUT2D eigenvalue weighted by Gasteiger charge is 2.39. The van der Waals surface area contributed by atoms with Crippen molar-refractivity contribution in [2.45, 2.75) is 45.1 Å². The summed E-state index contributed by atoms with van der Waals surface area (Å²) in [6.45, 7) is 4.05. The van der Waals surface area contributed by atoms with Crippen molar-refractivity contribution in [2.75, 3.05) is 19.3 Å². The maximum absolute atomic E-state index is 12.2. The number of hydrogen-bond donors (Lipinski definition) is 2. The Morgan fingerprint density at radius 1 is 1.24 bits per heavy atom. The second kappa shape index (κ2) is 6.74. The lowest BCUT2D eigenvalue weighted by Gasteiger charge is -2.33. The van der Waals surface area contributed by atoms with Gasteiger partial charge in [-0.1, -0.05) is 13.8 Å². The van der Waals surface area contributed by atoms with E-state index in [4.69, 9.17) is 0 Å². The highest BCUT2D eigenvalue weighted by molar-refractivity contribution is 7.88. The Bertz CT molecular complexity index is 491. The minimum Gasteiger partial charge on any atom is -0.480 e. The fourth-order valence-electron chi connectivity index (χ4n) is 2.57. The van der Waals surface area contributed by atoms with Crippen LogP contribution in [0, 0.1) is 5.92 Å². The summed E-state index contributed by atoms with van der Waals surface area (Å²) in [7, 11) is -3.23. The van der Waals surface area contributed by atoms with Crippen LogP contribution in [0.5, 0.6) is 0 Å². The van der Waals surface area contributed by atoms with E-state index < -0.39 is 21.5 Å². The van der Waals surface area contributed by atoms with E-state index in [9.17, 15) is 23.1 Å². The summed E-state index contributed by atoms with van der Waals surface area (Å²) in [5, 5.41) is 12.0. The summed E-state index contributed by atoms with van der Waals surface area (Å²) < 4.78 is 24.2. The Morgan fingerprint density at radius 3 is 2.05 bits per heavy atom. The Labute approximate surface area is 125 Å². The minimum atomic E-state index is -3.23. The smallest absolute Gasteiger partial charge is 0.329 e. The molecule has 1 rings (SSSR count). The number of carbonyl (C=O) groups is 2. The zero-order chi connectivity index (χ0) is 16.3. The van der Waals surface area contributed by atoms with E-state index in [-0.39, 0.29) is 11.8 Å². The van der Waals surface area contributed by atoms with Crippen molar-refractivity contribution in [3.63, 3.8) is 0 Å². The van der Waals surface area contributed by atoms with Crippen LogP contribution in [0.4, 0.5) is 0 Å². The summed E-state index contributed by atoms with van der Waals surface area (Å²) in [6.07, 6.45) is 2.61. The molecule has 0 unspecified atom stereocenters. The molecule has 7 nitrogen and oxygen atoms in total. The van der Waals surface area contributed by atoms with Gasteiger partial charge in [-0.25, -0.2) is 17.5 Å². The number of carbonyl (C=O) groups excluding carboxylic acids is 1. The molecule has 1 aliphatic rings. The van der Waals surface area contributed by atoms with Crippen LogP contribution in [-0.4, -0.2) is 54.6 Å². The van der Waals surface area contributed by atoms with E-state index in [1.54, 1.807) is 13.8 Å². The van der Waals surface area contributed by atoms with Crippen LogP contribution >= 0.6 is 0 Å². The van der Waals surface area contributed by atoms with Gasteiger partial charge < -0.3 is 10.4 Å². The second-order valence-corrected chi connectivity index (χ2v) is 7.50. The van der Waals surface area contributed by atoms with Crippen molar-refractivity contribution in [1.29, 1.82) is 0 Å². The standard InChI is InChI=1S/C13H24N2O5S/c1-4-13(5-2,12(17)18)14-11(16)10-6-8-15(9-7-10)21(3,19)20/h10H,4-9H2,1-3H3,(H,14,16)(H,17,18). The maximum atomic E-state index is 12.2. The van der Waals surface area contributed by atoms with Crippen molar-refractivity contribution in [3.8, 4) is 0 Å². The first kappa shape index (κ1) is 17.9. The van der Waals surface area contributed by atoms with E-state index in [1.807, 2.05) is 0 Å². The van der Waals surface area contributed by atoms with Gasteiger partial charge in [-0.3, -0.25) is 4.79 Å². The number of hydrogen-bond acceptors (Lipinski definition) is 4. The molecule has 1 heterocycles. The van der Waals surface area contributed by atoms with E-state index in [1.165, 1.54) is 4.31 Å². The van der Waals surface area contributed by atoms with Gasteiger partial charge in [0.2, 0.25) is 15.9 Å². The molecule has 0 bridgehead atoms. The highest BCUT2D eigenvalue weighted by Crippen LogP contribution is 2.22. The van der Waals surface area contributed by atoms with Gasteiger partial charge in [0.25, 0.3) is 0 Å². The lowest BCUT2D eigenvalue weighted by atomic mass is 9.90. The van der Waals surface area contributed by atoms with Crippen LogP contribution in [0.3, 0.4) is 0 Å². The number of carboxylic acid groups (broad SMARTS) is 1. The molecule has 2 N–H and O–H groups in total. The fourth-order valence-corrected chi connectivity index (χ4v) is 3.44. The molecule has 8 heteroatoms. The monoisotopic (exact) mass is 320 g/mol. The minimum absolute atomic E-state index is 0.297. The van der Waals surface area contributed by atoms with Gasteiger partial charge in [0.05, 0.1) is 6.26 Å². The van der Waals surface area contributed by atoms with Crippen LogP contribution < -0.4 is 5.32 Å². The predicted octanol–water partition coefficient (Wildman–Crippen LogP) is 0.418. The summed E-state index contributed by atoms with van der Waals surface area (Å²) in [6, 6.07) is 0. The number of aliphatic carboxylic acids is 1. The van der Waals surface area contributed by atoms with Gasteiger partial charge in [0, 0.05) is 19.0 Å². The molecule has 0 saturated carbocycles. The number of nitrogens with zero attached hydrogens (tertiary/aromatic N) is 1. The molecule has 21 heavy (non-hydrogen) atoms. The van der Waals surface area contributed by atoms with Crippen LogP contribution in [0.25, 0.3) is 0 Å². The van der Waals surface area contributed by atoms with Crippen LogP contribution in [0.15, 0.2) is 0 Å². The van der Waals surface area contributed by atoms with Crippen molar-refractivity contribution in [2.24, 2.45) is 5.92 Å². The summed E-state index contributed by atoms with van der Waals surface area (Å²) >= 11 is 0. The molecule has 0 aliphatic carbocycles. The molecule has 1 aliphatic heterocycles. The molecule has 0 atom stereocenters. The number of nitrogens with one attached hydrogen (secondary N) is 1. The first-order valence-corrected chi connectivity index (χ1v) is 9.01. The molecule has 0 spiro atoms. The topological polar surface area (TPSA) is 104 Å². The van der Waals surface area contributed by atoms with Gasteiger partial charge in [-0.05, 0) is 25.7 Å². The lowest BCUT2D eigenvalue weighted by Crippen LogP contribution is -2.56. The highest BCUT2D eigenvalue weighted by atomic mass is 32.2. The fraction of sp³-hybridized carbons (Fsp3) is 0.846. The molecule has 122 valence electrons. The number of piperidine rings is 1. The Morgan fingerprint density at radius 2 is 1.71 bits per heavy atom. The largest absolute Gasteiger partial charge is 0.480 e. The second-order valence-electron chi connectivity index (χ2n) is 5.52. The van der Waals surface area contributed by atoms with Crippen LogP contribution in [0.1, 0.15) is 39.5 Å². The molecule has 1 amide bonds. The van der Waals surface area contributed by atoms with Crippen LogP contribution in [-0.2, 0) is 19.6 Å². The summed E-state index contributed by atoms with van der Waals surface area (Å²) in [5.74, 6) is -1.66. The van der Waals surface area contributed by atoms with E-state index in [0.29, 0.717) is 38.8 Å². The number of sulfonamides is 1. The third kappa shape index (κ3) is 4.16. The lowest BCUT2D eigenvalue weighted by molar-refractivity contribution is -0.149. The maximum Gasteiger partial charge on any atom is 0.329 e. The van der Waals surface area contributed by atoms with E-state index in [0.717, 1.165) is 6.26 Å². The van der Waals surface area contributed by atoms with Gasteiger partial charge in [0.1, 0.15) is 5.54 Å². The Hall–Kier alpha value is -1.15. The number of amides is 1. The zero-order valence-electron chi connectivity index (χ0n) is 12.8. The number of carboxylic acids is 1. The predicted molar refractivity (Wildman–Crippen MR) is 78.2 cm³/mol. The Kier molecular flexibility index (Phi) is 5.75. The Balaban J connectivity index is 2.68.